The highest BCUT2D eigenvalue weighted by Crippen LogP contribution is 2.32. The fraction of sp³-hybridized carbons (Fsp3) is 0.0833. The Morgan fingerprint density at radius 3 is 2.90 bits per heavy atom. The summed E-state index contributed by atoms with van der Waals surface area (Å²) in [6, 6.07) is 2.03. The minimum absolute atomic E-state index is 0.0934. The molecule has 0 atom stereocenters. The first-order valence-corrected chi connectivity index (χ1v) is 9.02. The van der Waals surface area contributed by atoms with E-state index in [4.69, 9.17) is 0 Å². The van der Waals surface area contributed by atoms with E-state index in [1.807, 2.05) is 22.2 Å². The van der Waals surface area contributed by atoms with E-state index in [9.17, 15) is 4.79 Å². The van der Waals surface area contributed by atoms with Gasteiger partial charge in [0.1, 0.15) is 5.01 Å². The molecule has 3 rings (SSSR count). The number of aromatic nitrogens is 2. The van der Waals surface area contributed by atoms with Crippen molar-refractivity contribution in [1.82, 2.24) is 9.97 Å². The molecule has 0 aliphatic rings. The number of thiophene rings is 1. The van der Waals surface area contributed by atoms with Gasteiger partial charge in [0.25, 0.3) is 0 Å². The van der Waals surface area contributed by atoms with E-state index in [1.54, 1.807) is 28.9 Å². The first-order chi connectivity index (χ1) is 9.70. The van der Waals surface area contributed by atoms with E-state index in [0.717, 1.165) is 20.1 Å². The quantitative estimate of drug-likeness (QED) is 0.729. The van der Waals surface area contributed by atoms with Gasteiger partial charge in [-0.25, -0.2) is 9.97 Å². The van der Waals surface area contributed by atoms with Crippen molar-refractivity contribution in [2.45, 2.75) is 6.42 Å². The van der Waals surface area contributed by atoms with Crippen molar-refractivity contribution < 1.29 is 4.79 Å². The van der Waals surface area contributed by atoms with Crippen LogP contribution in [0, 0.1) is 0 Å². The molecule has 0 aromatic carbocycles. The van der Waals surface area contributed by atoms with Gasteiger partial charge in [0.2, 0.25) is 5.91 Å². The van der Waals surface area contributed by atoms with Crippen molar-refractivity contribution >= 4 is 61.0 Å². The Hall–Kier alpha value is -1.09. The fourth-order valence-corrected chi connectivity index (χ4v) is 4.41. The smallest absolute Gasteiger partial charge is 0.232 e. The van der Waals surface area contributed by atoms with Crippen LogP contribution in [0.1, 0.15) is 5.69 Å². The molecule has 0 radical (unpaired) electrons. The van der Waals surface area contributed by atoms with Crippen LogP contribution in [0.25, 0.3) is 9.88 Å². The van der Waals surface area contributed by atoms with E-state index in [0.29, 0.717) is 5.13 Å². The average molecular weight is 386 g/mol. The average Bonchev–Trinajstić information content (AvgIpc) is 3.10. The van der Waals surface area contributed by atoms with Crippen molar-refractivity contribution in [3.8, 4) is 9.88 Å². The summed E-state index contributed by atoms with van der Waals surface area (Å²) in [7, 11) is 0. The molecular weight excluding hydrogens is 378 g/mol. The predicted octanol–water partition coefficient (Wildman–Crippen LogP) is 4.27. The van der Waals surface area contributed by atoms with E-state index in [1.165, 1.54) is 11.3 Å². The summed E-state index contributed by atoms with van der Waals surface area (Å²) in [5.74, 6) is -0.0934. The Kier molecular flexibility index (Phi) is 4.25. The third-order valence-corrected chi connectivity index (χ3v) is 5.79. The van der Waals surface area contributed by atoms with Gasteiger partial charge in [-0.1, -0.05) is 0 Å². The Labute approximate surface area is 135 Å². The SMILES string of the molecule is O=C(Cc1csc(-c2cc(Br)cs2)n1)Nc1nccs1. The first kappa shape index (κ1) is 13.9. The Morgan fingerprint density at radius 1 is 1.30 bits per heavy atom. The van der Waals surface area contributed by atoms with Gasteiger partial charge in [0.05, 0.1) is 17.0 Å². The minimum atomic E-state index is -0.0934. The highest BCUT2D eigenvalue weighted by atomic mass is 79.9. The third kappa shape index (κ3) is 3.32. The molecule has 3 aromatic heterocycles. The summed E-state index contributed by atoms with van der Waals surface area (Å²) >= 11 is 8.01. The summed E-state index contributed by atoms with van der Waals surface area (Å²) in [5.41, 5.74) is 0.781. The van der Waals surface area contributed by atoms with Gasteiger partial charge in [-0.2, -0.15) is 0 Å². The lowest BCUT2D eigenvalue weighted by atomic mass is 10.3. The molecule has 0 aliphatic carbocycles. The minimum Gasteiger partial charge on any atom is -0.302 e. The number of anilines is 1. The number of carbonyl (C=O) groups is 1. The van der Waals surface area contributed by atoms with Crippen LogP contribution in [0.15, 0.2) is 32.9 Å². The van der Waals surface area contributed by atoms with Crippen LogP contribution in [-0.2, 0) is 11.2 Å². The van der Waals surface area contributed by atoms with Crippen LogP contribution in [0.4, 0.5) is 5.13 Å². The number of nitrogens with zero attached hydrogens (tertiary/aromatic N) is 2. The largest absolute Gasteiger partial charge is 0.302 e. The monoisotopic (exact) mass is 385 g/mol. The summed E-state index contributed by atoms with van der Waals surface area (Å²) in [6.45, 7) is 0. The van der Waals surface area contributed by atoms with Crippen molar-refractivity contribution in [1.29, 1.82) is 0 Å². The molecule has 1 amide bonds. The number of halogens is 1. The lowest BCUT2D eigenvalue weighted by molar-refractivity contribution is -0.115. The molecule has 0 fully saturated rings. The first-order valence-electron chi connectivity index (χ1n) is 5.59. The lowest BCUT2D eigenvalue weighted by Crippen LogP contribution is -2.14. The highest BCUT2D eigenvalue weighted by molar-refractivity contribution is 9.10. The van der Waals surface area contributed by atoms with Crippen LogP contribution in [0.3, 0.4) is 0 Å². The van der Waals surface area contributed by atoms with E-state index < -0.39 is 0 Å². The summed E-state index contributed by atoms with van der Waals surface area (Å²) < 4.78 is 1.05. The number of thiazole rings is 2. The van der Waals surface area contributed by atoms with Crippen LogP contribution in [0.2, 0.25) is 0 Å². The highest BCUT2D eigenvalue weighted by Gasteiger charge is 2.11. The van der Waals surface area contributed by atoms with E-state index in [-0.39, 0.29) is 12.3 Å². The summed E-state index contributed by atoms with van der Waals surface area (Å²) in [5, 5.41) is 10.1. The van der Waals surface area contributed by atoms with Gasteiger partial charge >= 0.3 is 0 Å². The molecule has 4 nitrogen and oxygen atoms in total. The topological polar surface area (TPSA) is 54.9 Å². The zero-order chi connectivity index (χ0) is 13.9. The van der Waals surface area contributed by atoms with Gasteiger partial charge in [-0.05, 0) is 22.0 Å². The van der Waals surface area contributed by atoms with E-state index >= 15 is 0 Å². The standard InChI is InChI=1S/C12H8BrN3OS3/c13-7-3-9(19-5-7)11-15-8(6-20-11)4-10(17)16-12-14-1-2-18-12/h1-3,5-6H,4H2,(H,14,16,17). The van der Waals surface area contributed by atoms with Gasteiger partial charge in [-0.3, -0.25) is 4.79 Å². The van der Waals surface area contributed by atoms with Gasteiger partial charge < -0.3 is 5.32 Å². The zero-order valence-electron chi connectivity index (χ0n) is 10.00. The van der Waals surface area contributed by atoms with Crippen LogP contribution < -0.4 is 5.32 Å². The molecule has 3 aromatic rings. The number of hydrogen-bond acceptors (Lipinski definition) is 6. The van der Waals surface area contributed by atoms with Gasteiger partial charge in [0, 0.05) is 26.8 Å². The second-order valence-corrected chi connectivity index (χ2v) is 7.41. The molecule has 0 unspecified atom stereocenters. The fourth-order valence-electron chi connectivity index (χ4n) is 1.54. The van der Waals surface area contributed by atoms with Crippen LogP contribution in [-0.4, -0.2) is 15.9 Å². The molecule has 0 saturated heterocycles. The number of hydrogen-bond donors (Lipinski definition) is 1. The molecule has 20 heavy (non-hydrogen) atoms. The Bertz CT molecular complexity index is 720. The Balaban J connectivity index is 1.66. The third-order valence-electron chi connectivity index (χ3n) is 2.35. The van der Waals surface area contributed by atoms with Crippen molar-refractivity contribution in [3.05, 3.63) is 38.6 Å². The maximum atomic E-state index is 11.8. The van der Waals surface area contributed by atoms with Crippen molar-refractivity contribution in [2.24, 2.45) is 0 Å². The summed E-state index contributed by atoms with van der Waals surface area (Å²) in [4.78, 5) is 21.5. The van der Waals surface area contributed by atoms with Crippen LogP contribution in [0.5, 0.6) is 0 Å². The Morgan fingerprint density at radius 2 is 2.20 bits per heavy atom. The molecule has 0 saturated carbocycles. The van der Waals surface area contributed by atoms with E-state index in [2.05, 4.69) is 31.2 Å². The van der Waals surface area contributed by atoms with Gasteiger partial charge in [0.15, 0.2) is 5.13 Å². The molecular formula is C12H8BrN3OS3. The number of nitrogens with one attached hydrogen (secondary N) is 1. The summed E-state index contributed by atoms with van der Waals surface area (Å²) in [6.07, 6.45) is 1.93. The number of rotatable bonds is 4. The second kappa shape index (κ2) is 6.13. The maximum Gasteiger partial charge on any atom is 0.232 e. The number of amides is 1. The molecule has 0 bridgehead atoms. The predicted molar refractivity (Wildman–Crippen MR) is 87.6 cm³/mol. The van der Waals surface area contributed by atoms with Gasteiger partial charge in [-0.15, -0.1) is 34.0 Å². The normalized spacial score (nSPS) is 10.7. The molecule has 102 valence electrons. The lowest BCUT2D eigenvalue weighted by Gasteiger charge is -1.98. The maximum absolute atomic E-state index is 11.8. The van der Waals surface area contributed by atoms with Crippen molar-refractivity contribution in [3.63, 3.8) is 0 Å². The molecule has 0 spiro atoms. The van der Waals surface area contributed by atoms with Crippen molar-refractivity contribution in [2.75, 3.05) is 5.32 Å². The van der Waals surface area contributed by atoms with Crippen LogP contribution >= 0.6 is 49.9 Å². The second-order valence-electron chi connectivity index (χ2n) is 3.84. The molecule has 0 aliphatic heterocycles. The molecule has 3 heterocycles. The molecule has 8 heteroatoms. The number of carbonyl (C=O) groups excluding carboxylic acids is 1. The molecule has 1 N–H and O–H groups in total. The zero-order valence-corrected chi connectivity index (χ0v) is 14.0.